The Kier molecular flexibility index (Phi) is 7.45. The highest BCUT2D eigenvalue weighted by Gasteiger charge is 2.21. The largest absolute Gasteiger partial charge is 0.329 e. The normalized spacial score (nSPS) is 13.2. The summed E-state index contributed by atoms with van der Waals surface area (Å²) in [7, 11) is 4.10. The molecule has 0 bridgehead atoms. The molecule has 1 rings (SSSR count). The number of nitrogens with two attached hydrogens (primary N) is 1. The van der Waals surface area contributed by atoms with Crippen LogP contribution in [0.3, 0.4) is 0 Å². The summed E-state index contributed by atoms with van der Waals surface area (Å²) in [5.41, 5.74) is 6.46. The highest BCUT2D eigenvalue weighted by molar-refractivity contribution is 6.30. The Bertz CT molecular complexity index is 412. The number of hydrogen-bond acceptors (Lipinski definition) is 3. The Hall–Kier alpha value is -0.680. The first kappa shape index (κ1) is 17.4. The number of nitrogens with zero attached hydrogens (tertiary/aromatic N) is 2. The second-order valence-corrected chi connectivity index (χ2v) is 5.64. The summed E-state index contributed by atoms with van der Waals surface area (Å²) >= 11 is 5.98. The lowest BCUT2D eigenvalue weighted by molar-refractivity contribution is 0.198. The van der Waals surface area contributed by atoms with Crippen molar-refractivity contribution >= 4 is 11.6 Å². The van der Waals surface area contributed by atoms with E-state index in [9.17, 15) is 4.39 Å². The van der Waals surface area contributed by atoms with Crippen molar-refractivity contribution in [1.82, 2.24) is 9.80 Å². The van der Waals surface area contributed by atoms with Crippen molar-refractivity contribution in [1.29, 1.82) is 0 Å². The summed E-state index contributed by atoms with van der Waals surface area (Å²) in [6.07, 6.45) is 1.03. The molecule has 2 N–H and O–H groups in total. The number of benzene rings is 1. The quantitative estimate of drug-likeness (QED) is 0.801. The summed E-state index contributed by atoms with van der Waals surface area (Å²) in [4.78, 5) is 4.35. The second-order valence-electron chi connectivity index (χ2n) is 5.20. The molecule has 3 nitrogen and oxygen atoms in total. The molecular weight excluding hydrogens is 277 g/mol. The van der Waals surface area contributed by atoms with E-state index in [1.54, 1.807) is 12.1 Å². The van der Waals surface area contributed by atoms with Crippen LogP contribution in [0.1, 0.15) is 24.9 Å². The minimum absolute atomic E-state index is 0.124. The molecule has 1 aromatic carbocycles. The summed E-state index contributed by atoms with van der Waals surface area (Å²) in [6, 6.07) is 4.54. The van der Waals surface area contributed by atoms with Gasteiger partial charge in [0.15, 0.2) is 0 Å². The van der Waals surface area contributed by atoms with Gasteiger partial charge in [-0.3, -0.25) is 4.90 Å². The average Bonchev–Trinajstić information content (AvgIpc) is 2.41. The molecule has 114 valence electrons. The van der Waals surface area contributed by atoms with Crippen molar-refractivity contribution in [2.75, 3.05) is 40.3 Å². The van der Waals surface area contributed by atoms with E-state index in [2.05, 4.69) is 16.7 Å². The van der Waals surface area contributed by atoms with Crippen LogP contribution in [0.25, 0.3) is 0 Å². The van der Waals surface area contributed by atoms with Gasteiger partial charge in [-0.15, -0.1) is 0 Å². The van der Waals surface area contributed by atoms with Gasteiger partial charge in [0.1, 0.15) is 5.82 Å². The maximum absolute atomic E-state index is 14.0. The monoisotopic (exact) mass is 301 g/mol. The van der Waals surface area contributed by atoms with Crippen molar-refractivity contribution in [3.8, 4) is 0 Å². The third-order valence-electron chi connectivity index (χ3n) is 3.44. The number of rotatable bonds is 8. The maximum atomic E-state index is 14.0. The van der Waals surface area contributed by atoms with Gasteiger partial charge in [-0.2, -0.15) is 0 Å². The minimum atomic E-state index is -0.240. The van der Waals surface area contributed by atoms with E-state index in [-0.39, 0.29) is 11.9 Å². The first-order valence-electron chi connectivity index (χ1n) is 7.03. The number of hydrogen-bond donors (Lipinski definition) is 1. The molecule has 5 heteroatoms. The molecule has 0 aliphatic heterocycles. The molecule has 0 aromatic heterocycles. The molecule has 0 saturated carbocycles. The van der Waals surface area contributed by atoms with Gasteiger partial charge in [-0.25, -0.2) is 4.39 Å². The molecule has 0 aliphatic rings. The Labute approximate surface area is 126 Å². The van der Waals surface area contributed by atoms with Crippen molar-refractivity contribution in [3.63, 3.8) is 0 Å². The Morgan fingerprint density at radius 1 is 1.30 bits per heavy atom. The fourth-order valence-electron chi connectivity index (χ4n) is 2.37. The standard InChI is InChI=1S/C15H25ClFN3/c1-4-20(9-5-8-19(2)3)15(11-18)13-10-12(16)6-7-14(13)17/h6-7,10,15H,4-5,8-9,11,18H2,1-3H3. The molecule has 0 aliphatic carbocycles. The summed E-state index contributed by atoms with van der Waals surface area (Å²) in [6.45, 7) is 5.18. The Morgan fingerprint density at radius 2 is 2.00 bits per heavy atom. The van der Waals surface area contributed by atoms with E-state index in [4.69, 9.17) is 17.3 Å². The van der Waals surface area contributed by atoms with E-state index in [1.165, 1.54) is 6.07 Å². The van der Waals surface area contributed by atoms with E-state index < -0.39 is 0 Å². The zero-order valence-corrected chi connectivity index (χ0v) is 13.3. The second kappa shape index (κ2) is 8.57. The highest BCUT2D eigenvalue weighted by atomic mass is 35.5. The lowest BCUT2D eigenvalue weighted by atomic mass is 10.0. The molecule has 1 aromatic rings. The van der Waals surface area contributed by atoms with Crippen LogP contribution in [-0.2, 0) is 0 Å². The molecule has 0 spiro atoms. The molecule has 1 atom stereocenters. The SMILES string of the molecule is CCN(CCCN(C)C)C(CN)c1cc(Cl)ccc1F. The Morgan fingerprint density at radius 3 is 2.55 bits per heavy atom. The fraction of sp³-hybridized carbons (Fsp3) is 0.600. The highest BCUT2D eigenvalue weighted by Crippen LogP contribution is 2.25. The summed E-state index contributed by atoms with van der Waals surface area (Å²) in [5.74, 6) is -0.240. The van der Waals surface area contributed by atoms with Crippen LogP contribution in [0.15, 0.2) is 18.2 Å². The molecule has 20 heavy (non-hydrogen) atoms. The lowest BCUT2D eigenvalue weighted by Gasteiger charge is -2.31. The zero-order valence-electron chi connectivity index (χ0n) is 12.6. The predicted molar refractivity (Wildman–Crippen MR) is 83.6 cm³/mol. The van der Waals surface area contributed by atoms with Gasteiger partial charge in [-0.1, -0.05) is 18.5 Å². The van der Waals surface area contributed by atoms with Gasteiger partial charge in [0, 0.05) is 29.7 Å². The van der Waals surface area contributed by atoms with Crippen LogP contribution >= 0.6 is 11.6 Å². The van der Waals surface area contributed by atoms with E-state index >= 15 is 0 Å². The third-order valence-corrected chi connectivity index (χ3v) is 3.67. The molecular formula is C15H25ClFN3. The van der Waals surface area contributed by atoms with Crippen molar-refractivity contribution < 1.29 is 4.39 Å². The third kappa shape index (κ3) is 5.02. The van der Waals surface area contributed by atoms with Crippen LogP contribution in [0.5, 0.6) is 0 Å². The van der Waals surface area contributed by atoms with Crippen LogP contribution in [0.2, 0.25) is 5.02 Å². The molecule has 0 amide bonds. The van der Waals surface area contributed by atoms with Gasteiger partial charge in [-0.05, 0) is 51.8 Å². The van der Waals surface area contributed by atoms with Crippen LogP contribution < -0.4 is 5.73 Å². The fourth-order valence-corrected chi connectivity index (χ4v) is 2.55. The number of halogens is 2. The van der Waals surface area contributed by atoms with Gasteiger partial charge in [0.05, 0.1) is 0 Å². The average molecular weight is 302 g/mol. The van der Waals surface area contributed by atoms with Gasteiger partial charge in [0.2, 0.25) is 0 Å². The van der Waals surface area contributed by atoms with Gasteiger partial charge < -0.3 is 10.6 Å². The molecule has 0 heterocycles. The summed E-state index contributed by atoms with van der Waals surface area (Å²) < 4.78 is 14.0. The van der Waals surface area contributed by atoms with Gasteiger partial charge in [0.25, 0.3) is 0 Å². The first-order chi connectivity index (χ1) is 9.49. The van der Waals surface area contributed by atoms with Crippen molar-refractivity contribution in [2.45, 2.75) is 19.4 Å². The van der Waals surface area contributed by atoms with Crippen LogP contribution in [0, 0.1) is 5.82 Å². The lowest BCUT2D eigenvalue weighted by Crippen LogP contribution is -2.36. The molecule has 0 radical (unpaired) electrons. The van der Waals surface area contributed by atoms with Crippen LogP contribution in [0.4, 0.5) is 4.39 Å². The smallest absolute Gasteiger partial charge is 0.128 e. The number of likely N-dealkylation sites (N-methyl/N-ethyl adjacent to an activating group) is 1. The van der Waals surface area contributed by atoms with E-state index in [1.807, 2.05) is 14.1 Å². The molecule has 0 fully saturated rings. The van der Waals surface area contributed by atoms with Crippen molar-refractivity contribution in [3.05, 3.63) is 34.6 Å². The predicted octanol–water partition coefficient (Wildman–Crippen LogP) is 2.75. The van der Waals surface area contributed by atoms with E-state index in [0.29, 0.717) is 17.1 Å². The zero-order chi connectivity index (χ0) is 15.1. The van der Waals surface area contributed by atoms with Crippen molar-refractivity contribution in [2.24, 2.45) is 5.73 Å². The summed E-state index contributed by atoms with van der Waals surface area (Å²) in [5, 5.41) is 0.546. The van der Waals surface area contributed by atoms with Gasteiger partial charge >= 0.3 is 0 Å². The minimum Gasteiger partial charge on any atom is -0.329 e. The Balaban J connectivity index is 2.82. The van der Waals surface area contributed by atoms with Crippen LogP contribution in [-0.4, -0.2) is 50.1 Å². The maximum Gasteiger partial charge on any atom is 0.128 e. The molecule has 0 saturated heterocycles. The first-order valence-corrected chi connectivity index (χ1v) is 7.41. The topological polar surface area (TPSA) is 32.5 Å². The molecule has 1 unspecified atom stereocenters. The van der Waals surface area contributed by atoms with E-state index in [0.717, 1.165) is 26.1 Å².